The van der Waals surface area contributed by atoms with E-state index in [9.17, 15) is 85.6 Å². The van der Waals surface area contributed by atoms with Gasteiger partial charge in [0, 0.05) is 0 Å². The first-order valence-electron chi connectivity index (χ1n) is 32.6. The number of fused-ring (bicyclic) bond motifs is 5. The Balaban J connectivity index is 0.000000143. The number of rotatable bonds is 16. The van der Waals surface area contributed by atoms with Crippen LogP contribution in [-0.2, 0) is 23.7 Å². The van der Waals surface area contributed by atoms with E-state index in [1.165, 1.54) is 73.5 Å². The molecule has 5 saturated heterocycles. The molecule has 0 radical (unpaired) electrons. The molecule has 0 saturated carbocycles. The Bertz CT molecular complexity index is 5870. The van der Waals surface area contributed by atoms with Crippen molar-refractivity contribution in [3.05, 3.63) is 88.0 Å². The predicted octanol–water partition coefficient (Wildman–Crippen LogP) is -7.34. The SMILES string of the molecule is C#C[C@@H]1[C@H](n2cnc3c(N)ncnc32)O[C@@](CO)(N=[N+]=N)[C@H]1O.N#C[C@@H]1[C@H](n2cnc3c(=O)[nH]c(N)nc32)O[C@@](CO)(N=[N+]=N)[C@H]1O.N#C[C@@H]1[C@H](n2cnc3c(=O)[nH]cnc32)O[C@@](CO)(N=[N+]=N)[C@H]1O.N#C[C@@H]1[C@H](n2cnc3c(N)ncnc32)O[C@@](CO)(N=[N+]=N)[C@H]1O.N=[N+]=N[C@]1(CO)O[C@@H](n2cnc3c(=O)[nH]cnc32)[C@@H](CF)[C@@H]1O. The van der Waals surface area contributed by atoms with Crippen molar-refractivity contribution < 1.29 is 79.1 Å². The number of imidazole rings is 5. The van der Waals surface area contributed by atoms with Crippen LogP contribution in [0.5, 0.6) is 0 Å². The van der Waals surface area contributed by atoms with Gasteiger partial charge in [-0.15, -0.1) is 6.42 Å². The molecule has 600 valence electrons. The highest BCUT2D eigenvalue weighted by molar-refractivity contribution is 5.82. The Morgan fingerprint density at radius 2 is 0.741 bits per heavy atom. The molecule has 5 aliphatic heterocycles. The van der Waals surface area contributed by atoms with Gasteiger partial charge in [-0.1, -0.05) is 5.92 Å². The van der Waals surface area contributed by atoms with Gasteiger partial charge >= 0.3 is 0 Å². The van der Waals surface area contributed by atoms with Crippen LogP contribution >= 0.6 is 0 Å². The number of nitrogens with one attached hydrogen (secondary N) is 8. The third-order valence-electron chi connectivity index (χ3n) is 18.7. The zero-order valence-electron chi connectivity index (χ0n) is 58.4. The molecule has 0 spiro atoms. The number of alkyl halides is 1. The third-order valence-corrected chi connectivity index (χ3v) is 18.7. The molecular weight excluding hydrogens is 1550 g/mol. The van der Waals surface area contributed by atoms with Crippen LogP contribution in [0.25, 0.3) is 55.8 Å². The molecule has 15 heterocycles. The van der Waals surface area contributed by atoms with Crippen LogP contribution in [0, 0.1) is 104 Å². The Labute approximate surface area is 637 Å². The van der Waals surface area contributed by atoms with Crippen molar-refractivity contribution in [3.63, 3.8) is 0 Å². The second kappa shape index (κ2) is 33.4. The molecule has 0 unspecified atom stereocenters. The minimum absolute atomic E-state index is 0.0202. The predicted molar refractivity (Wildman–Crippen MR) is 364 cm³/mol. The molecule has 15 rings (SSSR count). The molecule has 5 aliphatic rings. The zero-order chi connectivity index (χ0) is 83.9. The highest BCUT2D eigenvalue weighted by atomic mass is 19.1. The summed E-state index contributed by atoms with van der Waals surface area (Å²) in [7, 11) is 0. The topological polar surface area (TPSA) is 927 Å². The number of hydrogen-bond donors (Lipinski definition) is 21. The Kier molecular flexibility index (Phi) is 23.7. The second-order valence-corrected chi connectivity index (χ2v) is 24.8. The number of halogens is 1. The first kappa shape index (κ1) is 82.4. The smallest absolute Gasteiger partial charge is 0.294 e. The summed E-state index contributed by atoms with van der Waals surface area (Å²) >= 11 is 0. The van der Waals surface area contributed by atoms with E-state index >= 15 is 0 Å². The Morgan fingerprint density at radius 3 is 1.07 bits per heavy atom. The molecule has 59 nitrogen and oxygen atoms in total. The van der Waals surface area contributed by atoms with Crippen molar-refractivity contribution >= 4 is 73.4 Å². The molecule has 20 atom stereocenters. The summed E-state index contributed by atoms with van der Waals surface area (Å²) in [4.78, 5) is 104. The molecule has 0 aromatic carbocycles. The molecule has 0 bridgehead atoms. The third kappa shape index (κ3) is 14.0. The molecule has 60 heteroatoms. The van der Waals surface area contributed by atoms with Crippen molar-refractivity contribution in [1.29, 1.82) is 43.4 Å². The average Bonchev–Trinajstić information content (AvgIpc) is 1.79. The van der Waals surface area contributed by atoms with E-state index in [0.29, 0.717) is 22.3 Å². The lowest BCUT2D eigenvalue weighted by Crippen LogP contribution is -2.43. The van der Waals surface area contributed by atoms with E-state index in [-0.39, 0.29) is 51.1 Å². The van der Waals surface area contributed by atoms with Gasteiger partial charge in [-0.05, 0) is 0 Å². The van der Waals surface area contributed by atoms with Crippen LogP contribution < -0.4 is 58.4 Å². The maximum Gasteiger partial charge on any atom is 0.294 e. The quantitative estimate of drug-likeness (QED) is 0.0243. The largest absolute Gasteiger partial charge is 0.391 e. The fraction of sp³-hybridized carbons (Fsp3) is 0.464. The second-order valence-electron chi connectivity index (χ2n) is 24.8. The van der Waals surface area contributed by atoms with Gasteiger partial charge in [-0.2, -0.15) is 20.8 Å². The maximum atomic E-state index is 13.4. The standard InChI is InChI=1S/C12H13N8O3.C11H12FN7O4.C11H11N9O4.C11H12N9O3.C11H10N8O4/c1-2-6-8(22)12(3-21,18-19-14)23-11(6)20-5-17-7-9(13)15-4-16-10(7)20;12-1-5-7(21)11(2-20,17-18-13)23-10(5)19-4-16-6-8(19)14-3-15-9(6)22;12-1-4-6(22)11(2-21,18-19-14)24-9(4)20-3-15-5-7(20)16-10(13)17-8(5)23;12-1-5-7(22)11(2-21,18-19-14)23-10(5)20-4-17-6-8(13)15-3-16-9(6)20;12-1-5-7(21)11(2-20,17-18-13)23-10(5)19-4-16-6-8(19)14-3-15-9(6)22/h1,4-6,8,11,14,21-22H,3H2,(H2,13,15,16);3-5,7,10,13,20-21H,1-2H2;3-4,6,9,14,21-22H,2H2,(H2-,13,16,17,23);3-5,7,10,14,21-22H,2H2,(H2,13,15,16);3-5,7,10,13,20-21H,2H2/q+1;;;+1;/p+3/t6-,8-,11+,12+;5-,7-,10+,11+;4-,6-,9+,11+;2*5-,7-,10+,11+/m00000/s1. The number of anilines is 3. The molecule has 116 heavy (non-hydrogen) atoms. The van der Waals surface area contributed by atoms with Gasteiger partial charge in [0.1, 0.15) is 139 Å². The van der Waals surface area contributed by atoms with Crippen LogP contribution in [0.3, 0.4) is 0 Å². The van der Waals surface area contributed by atoms with E-state index in [0.717, 1.165) is 6.33 Å². The first-order chi connectivity index (χ1) is 55.8. The number of H-pyrrole nitrogens is 3. The van der Waals surface area contributed by atoms with Gasteiger partial charge in [-0.3, -0.25) is 46.6 Å². The van der Waals surface area contributed by atoms with E-state index in [1.54, 1.807) is 0 Å². The van der Waals surface area contributed by atoms with E-state index in [2.05, 4.69) is 131 Å². The number of hydrogen-bond acceptors (Lipinski definition) is 46. The summed E-state index contributed by atoms with van der Waals surface area (Å²) in [5.74, 6) is -2.85. The van der Waals surface area contributed by atoms with Crippen molar-refractivity contribution in [2.45, 2.75) is 90.3 Å². The average molecular weight is 1620 g/mol. The number of aliphatic hydroxyl groups excluding tert-OH is 10. The van der Waals surface area contributed by atoms with Crippen molar-refractivity contribution in [2.24, 2.45) is 55.2 Å². The fourth-order valence-corrected chi connectivity index (χ4v) is 12.9. The summed E-state index contributed by atoms with van der Waals surface area (Å²) in [6, 6.07) is 5.62. The highest BCUT2D eigenvalue weighted by Crippen LogP contribution is 2.48. The number of nitrogen functional groups attached to an aromatic ring is 3. The number of aromatic nitrogens is 20. The lowest BCUT2D eigenvalue weighted by atomic mass is 9.97. The van der Waals surface area contributed by atoms with E-state index < -0.39 is 176 Å². The van der Waals surface area contributed by atoms with Gasteiger partial charge in [0.25, 0.3) is 45.3 Å². The molecule has 10 aromatic rings. The van der Waals surface area contributed by atoms with Crippen LogP contribution in [-0.4, -0.2) is 248 Å². The van der Waals surface area contributed by atoms with Gasteiger partial charge in [0.15, 0.2) is 107 Å². The zero-order valence-corrected chi connectivity index (χ0v) is 58.4. The number of aromatic amines is 3. The Morgan fingerprint density at radius 1 is 0.448 bits per heavy atom. The maximum absolute atomic E-state index is 13.4. The monoisotopic (exact) mass is 1610 g/mol. The number of nitrogens with two attached hydrogens (primary N) is 3. The van der Waals surface area contributed by atoms with E-state index in [1.807, 2.05) is 18.2 Å². The molecule has 0 aliphatic carbocycles. The van der Waals surface area contributed by atoms with Crippen LogP contribution in [0.1, 0.15) is 31.1 Å². The summed E-state index contributed by atoms with van der Waals surface area (Å²) in [6.45, 7) is -4.85. The van der Waals surface area contributed by atoms with Crippen molar-refractivity contribution in [2.75, 3.05) is 56.9 Å². The van der Waals surface area contributed by atoms with E-state index in [4.69, 9.17) is 75.0 Å². The van der Waals surface area contributed by atoms with Gasteiger partial charge < -0.3 is 102 Å². The number of terminal acetylenes is 1. The summed E-state index contributed by atoms with van der Waals surface area (Å²) in [5.41, 5.74) is 41.6. The molecule has 0 amide bonds. The van der Waals surface area contributed by atoms with Crippen molar-refractivity contribution in [3.8, 4) is 30.6 Å². The lowest BCUT2D eigenvalue weighted by molar-refractivity contribution is -0.126. The molecular formula is C56H61FN41O18+5. The normalized spacial score (nSPS) is 30.0. The molecule has 24 N–H and O–H groups in total. The van der Waals surface area contributed by atoms with Crippen molar-refractivity contribution in [1.82, 2.24) is 122 Å². The fourth-order valence-electron chi connectivity index (χ4n) is 12.9. The van der Waals surface area contributed by atoms with Gasteiger partial charge in [0.05, 0.1) is 81.0 Å². The molecule has 5 fully saturated rings. The molecule has 10 aromatic heterocycles. The number of nitrogens with zero attached hydrogens (tertiary/aromatic N) is 30. The highest BCUT2D eigenvalue weighted by Gasteiger charge is 2.64. The minimum Gasteiger partial charge on any atom is -0.391 e. The van der Waals surface area contributed by atoms with Crippen LogP contribution in [0.4, 0.5) is 22.0 Å². The summed E-state index contributed by atoms with van der Waals surface area (Å²) in [6.07, 6.45) is 3.76. The number of aliphatic hydroxyl groups is 10. The lowest BCUT2D eigenvalue weighted by Gasteiger charge is -2.18. The number of ether oxygens (including phenoxy) is 5. The van der Waals surface area contributed by atoms with Crippen LogP contribution in [0.2, 0.25) is 0 Å². The van der Waals surface area contributed by atoms with Gasteiger partial charge in [-0.25, -0.2) is 54.8 Å². The van der Waals surface area contributed by atoms with Gasteiger partial charge in [0.2, 0.25) is 30.5 Å². The first-order valence-corrected chi connectivity index (χ1v) is 32.6. The van der Waals surface area contributed by atoms with Crippen LogP contribution in [0.15, 0.2) is 96.9 Å². The minimum atomic E-state index is -1.98. The summed E-state index contributed by atoms with van der Waals surface area (Å²) < 4.78 is 47.8. The Hall–Kier alpha value is -14.5. The number of nitriles is 3. The summed E-state index contributed by atoms with van der Waals surface area (Å²) in [5, 5.41) is 144.